The minimum atomic E-state index is 0.226. The number of rotatable bonds is 4. The van der Waals surface area contributed by atoms with Gasteiger partial charge in [-0.15, -0.1) is 0 Å². The second kappa shape index (κ2) is 6.24. The Hall–Kier alpha value is -1.59. The van der Waals surface area contributed by atoms with E-state index in [2.05, 4.69) is 34.4 Å². The number of likely N-dealkylation sites (tertiary alicyclic amines) is 1. The maximum Gasteiger partial charge on any atom is 0.106 e. The summed E-state index contributed by atoms with van der Waals surface area (Å²) >= 11 is 0. The molecule has 26 heavy (non-hydrogen) atoms. The Morgan fingerprint density at radius 2 is 2.08 bits per heavy atom. The monoisotopic (exact) mass is 354 g/mol. The maximum absolute atomic E-state index is 5.31. The highest BCUT2D eigenvalue weighted by atomic mass is 16.3. The molecule has 1 saturated carbocycles. The lowest BCUT2D eigenvalue weighted by Gasteiger charge is -2.46. The predicted molar refractivity (Wildman–Crippen MR) is 101 cm³/mol. The van der Waals surface area contributed by atoms with Crippen LogP contribution in [0, 0.1) is 12.8 Å². The number of imidazole rings is 1. The molecule has 2 aromatic rings. The molecule has 140 valence electrons. The van der Waals surface area contributed by atoms with Gasteiger partial charge in [-0.3, -0.25) is 4.90 Å². The van der Waals surface area contributed by atoms with Crippen molar-refractivity contribution in [2.45, 2.75) is 57.7 Å². The molecule has 0 amide bonds. The molecule has 0 radical (unpaired) electrons. The highest BCUT2D eigenvalue weighted by molar-refractivity contribution is 5.31. The number of hydrogen-bond donors (Lipinski definition) is 0. The summed E-state index contributed by atoms with van der Waals surface area (Å²) < 4.78 is 7.86. The fourth-order valence-corrected chi connectivity index (χ4v) is 4.96. The molecule has 5 heteroatoms. The van der Waals surface area contributed by atoms with Crippen LogP contribution in [-0.4, -0.2) is 46.0 Å². The zero-order valence-corrected chi connectivity index (χ0v) is 16.1. The molecule has 0 bridgehead atoms. The molecule has 2 aromatic heterocycles. The van der Waals surface area contributed by atoms with Crippen LogP contribution in [0.2, 0.25) is 0 Å². The average Bonchev–Trinajstić information content (AvgIpc) is 3.20. The van der Waals surface area contributed by atoms with Gasteiger partial charge in [0.15, 0.2) is 0 Å². The summed E-state index contributed by atoms with van der Waals surface area (Å²) in [6.07, 6.45) is 8.90. The first-order chi connectivity index (χ1) is 12.6. The minimum absolute atomic E-state index is 0.226. The van der Waals surface area contributed by atoms with Crippen molar-refractivity contribution in [2.24, 2.45) is 5.92 Å². The van der Waals surface area contributed by atoms with E-state index < -0.39 is 0 Å². The molecule has 3 aliphatic rings. The molecule has 1 saturated heterocycles. The van der Waals surface area contributed by atoms with E-state index in [0.717, 1.165) is 25.6 Å². The lowest BCUT2D eigenvalue weighted by Crippen LogP contribution is -2.51. The number of hydrogen-bond acceptors (Lipinski definition) is 4. The molecular formula is C21H30N4O. The van der Waals surface area contributed by atoms with Crippen LogP contribution in [-0.2, 0) is 25.0 Å². The van der Waals surface area contributed by atoms with Gasteiger partial charge in [-0.05, 0) is 64.7 Å². The first-order valence-electron chi connectivity index (χ1n) is 10.1. The molecule has 0 atom stereocenters. The van der Waals surface area contributed by atoms with E-state index in [1.165, 1.54) is 68.1 Å². The number of nitrogens with zero attached hydrogens (tertiary/aromatic N) is 4. The maximum atomic E-state index is 5.31. The highest BCUT2D eigenvalue weighted by Crippen LogP contribution is 2.43. The smallest absolute Gasteiger partial charge is 0.106 e. The largest absolute Gasteiger partial charge is 0.472 e. The SMILES string of the molecule is Cc1nc2c(n1CC1CC1)CN(Cc1ccoc1)CC21CCN(C)CC1. The van der Waals surface area contributed by atoms with Gasteiger partial charge in [0.1, 0.15) is 5.82 Å². The van der Waals surface area contributed by atoms with Crippen molar-refractivity contribution in [1.82, 2.24) is 19.4 Å². The Morgan fingerprint density at radius 1 is 1.27 bits per heavy atom. The van der Waals surface area contributed by atoms with Gasteiger partial charge in [-0.2, -0.15) is 0 Å². The van der Waals surface area contributed by atoms with Gasteiger partial charge in [0.25, 0.3) is 0 Å². The second-order valence-corrected chi connectivity index (χ2v) is 8.87. The van der Waals surface area contributed by atoms with Gasteiger partial charge in [-0.25, -0.2) is 4.98 Å². The van der Waals surface area contributed by atoms with Gasteiger partial charge in [0.05, 0.1) is 23.9 Å². The zero-order valence-electron chi connectivity index (χ0n) is 16.1. The van der Waals surface area contributed by atoms with Crippen molar-refractivity contribution in [3.05, 3.63) is 41.4 Å². The molecule has 0 N–H and O–H groups in total. The Labute approximate surface area is 156 Å². The van der Waals surface area contributed by atoms with Crippen molar-refractivity contribution in [1.29, 1.82) is 0 Å². The summed E-state index contributed by atoms with van der Waals surface area (Å²) in [6, 6.07) is 2.10. The van der Waals surface area contributed by atoms with Gasteiger partial charge < -0.3 is 13.9 Å². The quantitative estimate of drug-likeness (QED) is 0.845. The molecular weight excluding hydrogens is 324 g/mol. The van der Waals surface area contributed by atoms with Crippen LogP contribution in [0.4, 0.5) is 0 Å². The highest BCUT2D eigenvalue weighted by Gasteiger charge is 2.45. The first kappa shape index (κ1) is 16.6. The second-order valence-electron chi connectivity index (χ2n) is 8.87. The molecule has 5 nitrogen and oxygen atoms in total. The molecule has 1 spiro atoms. The molecule has 1 aliphatic carbocycles. The van der Waals surface area contributed by atoms with Crippen LogP contribution in [0.1, 0.15) is 48.5 Å². The first-order valence-corrected chi connectivity index (χ1v) is 10.1. The standard InChI is InChI=1S/C21H30N4O/c1-16-22-20-19(25(16)12-17-3-4-17)13-24(11-18-5-10-26-14-18)15-21(20)6-8-23(2)9-7-21/h5,10,14,17H,3-4,6-9,11-13,15H2,1-2H3. The van der Waals surface area contributed by atoms with Gasteiger partial charge in [-0.1, -0.05) is 0 Å². The summed E-state index contributed by atoms with van der Waals surface area (Å²) in [5.41, 5.74) is 4.42. The Kier molecular flexibility index (Phi) is 3.98. The van der Waals surface area contributed by atoms with E-state index in [9.17, 15) is 0 Å². The number of fused-ring (bicyclic) bond motifs is 2. The topological polar surface area (TPSA) is 37.4 Å². The number of furan rings is 1. The summed E-state index contributed by atoms with van der Waals surface area (Å²) in [6.45, 7) is 8.85. The minimum Gasteiger partial charge on any atom is -0.472 e. The normalized spacial score (nSPS) is 23.5. The van der Waals surface area contributed by atoms with Gasteiger partial charge in [0, 0.05) is 37.2 Å². The third kappa shape index (κ3) is 2.91. The zero-order chi connectivity index (χ0) is 17.7. The molecule has 5 rings (SSSR count). The third-order valence-corrected chi connectivity index (χ3v) is 6.73. The van der Waals surface area contributed by atoms with Crippen LogP contribution >= 0.6 is 0 Å². The van der Waals surface area contributed by atoms with E-state index in [4.69, 9.17) is 9.40 Å². The lowest BCUT2D eigenvalue weighted by molar-refractivity contribution is 0.0997. The summed E-state index contributed by atoms with van der Waals surface area (Å²) in [7, 11) is 2.25. The van der Waals surface area contributed by atoms with Crippen LogP contribution in [0.5, 0.6) is 0 Å². The Morgan fingerprint density at radius 3 is 2.77 bits per heavy atom. The van der Waals surface area contributed by atoms with Crippen molar-refractivity contribution in [3.8, 4) is 0 Å². The van der Waals surface area contributed by atoms with Crippen LogP contribution in [0.3, 0.4) is 0 Å². The fourth-order valence-electron chi connectivity index (χ4n) is 4.96. The Bertz CT molecular complexity index is 766. The summed E-state index contributed by atoms with van der Waals surface area (Å²) in [5, 5.41) is 0. The van der Waals surface area contributed by atoms with Gasteiger partial charge >= 0.3 is 0 Å². The van der Waals surface area contributed by atoms with E-state index in [1.54, 1.807) is 6.26 Å². The Balaban J connectivity index is 1.51. The third-order valence-electron chi connectivity index (χ3n) is 6.73. The predicted octanol–water partition coefficient (Wildman–Crippen LogP) is 3.17. The molecule has 0 unspecified atom stereocenters. The molecule has 0 aromatic carbocycles. The van der Waals surface area contributed by atoms with E-state index in [-0.39, 0.29) is 5.41 Å². The summed E-state index contributed by atoms with van der Waals surface area (Å²) in [5.74, 6) is 2.11. The molecule has 2 fully saturated rings. The van der Waals surface area contributed by atoms with Crippen molar-refractivity contribution in [2.75, 3.05) is 26.7 Å². The number of aryl methyl sites for hydroxylation is 1. The fraction of sp³-hybridized carbons (Fsp3) is 0.667. The van der Waals surface area contributed by atoms with E-state index in [0.29, 0.717) is 0 Å². The average molecular weight is 354 g/mol. The van der Waals surface area contributed by atoms with Crippen LogP contribution in [0.15, 0.2) is 23.0 Å². The number of piperidine rings is 1. The van der Waals surface area contributed by atoms with Crippen molar-refractivity contribution >= 4 is 0 Å². The molecule has 4 heterocycles. The van der Waals surface area contributed by atoms with E-state index in [1.807, 2.05) is 6.26 Å². The van der Waals surface area contributed by atoms with Crippen molar-refractivity contribution < 1.29 is 4.42 Å². The summed E-state index contributed by atoms with van der Waals surface area (Å²) in [4.78, 5) is 10.3. The van der Waals surface area contributed by atoms with Gasteiger partial charge in [0.2, 0.25) is 0 Å². The van der Waals surface area contributed by atoms with Crippen LogP contribution in [0.25, 0.3) is 0 Å². The van der Waals surface area contributed by atoms with E-state index >= 15 is 0 Å². The van der Waals surface area contributed by atoms with Crippen LogP contribution < -0.4 is 0 Å². The molecule has 2 aliphatic heterocycles. The number of aromatic nitrogens is 2. The van der Waals surface area contributed by atoms with Crippen molar-refractivity contribution in [3.63, 3.8) is 0 Å². The lowest BCUT2D eigenvalue weighted by atomic mass is 9.72.